The molecule has 1 aromatic carbocycles. The molecule has 0 aliphatic heterocycles. The smallest absolute Gasteiger partial charge is 0.382 e. The molecule has 1 aliphatic rings. The van der Waals surface area contributed by atoms with E-state index in [-0.39, 0.29) is 72.6 Å². The van der Waals surface area contributed by atoms with Gasteiger partial charge in [-0.25, -0.2) is 8.78 Å². The first kappa shape index (κ1) is 28.6. The maximum Gasteiger partial charge on any atom is 0.406 e. The van der Waals surface area contributed by atoms with Gasteiger partial charge in [0.05, 0.1) is 23.3 Å². The van der Waals surface area contributed by atoms with E-state index in [0.717, 1.165) is 4.57 Å². The van der Waals surface area contributed by atoms with Crippen LogP contribution in [0, 0.1) is 0 Å². The van der Waals surface area contributed by atoms with Crippen LogP contribution in [0.3, 0.4) is 0 Å². The van der Waals surface area contributed by atoms with Gasteiger partial charge in [-0.2, -0.15) is 18.2 Å². The van der Waals surface area contributed by atoms with E-state index < -0.39 is 18.6 Å². The predicted octanol–water partition coefficient (Wildman–Crippen LogP) is 6.73. The number of alkyl halides is 5. The molecule has 3 heterocycles. The molecule has 4 aromatic rings. The summed E-state index contributed by atoms with van der Waals surface area (Å²) in [6.45, 7) is 4.59. The monoisotopic (exact) mass is 578 g/mol. The van der Waals surface area contributed by atoms with Crippen LogP contribution in [0.25, 0.3) is 22.4 Å². The number of halogens is 5. The minimum atomic E-state index is -4.54. The molecular formula is C28H31F5N6O2. The van der Waals surface area contributed by atoms with E-state index in [1.807, 2.05) is 25.3 Å². The van der Waals surface area contributed by atoms with Gasteiger partial charge in [0, 0.05) is 47.9 Å². The number of rotatable bonds is 7. The molecule has 0 radical (unpaired) electrons. The topological polar surface area (TPSA) is 89.9 Å². The van der Waals surface area contributed by atoms with Gasteiger partial charge in [-0.1, -0.05) is 11.2 Å². The van der Waals surface area contributed by atoms with Crippen molar-refractivity contribution in [3.05, 3.63) is 54.2 Å². The summed E-state index contributed by atoms with van der Waals surface area (Å²) in [4.78, 5) is 16.9. The van der Waals surface area contributed by atoms with Gasteiger partial charge in [-0.15, -0.1) is 0 Å². The maximum absolute atomic E-state index is 13.6. The van der Waals surface area contributed by atoms with Crippen molar-refractivity contribution in [3.8, 4) is 11.5 Å². The molecule has 0 bridgehead atoms. The molecule has 220 valence electrons. The van der Waals surface area contributed by atoms with Crippen LogP contribution in [0.4, 0.5) is 27.6 Å². The molecule has 5 rings (SSSR count). The number of anilines is 1. The Bertz CT molecular complexity index is 1540. The Morgan fingerprint density at radius 3 is 2.54 bits per heavy atom. The highest BCUT2D eigenvalue weighted by atomic mass is 19.4. The van der Waals surface area contributed by atoms with Crippen LogP contribution in [-0.4, -0.2) is 43.3 Å². The molecule has 1 amide bonds. The van der Waals surface area contributed by atoms with E-state index in [4.69, 9.17) is 4.52 Å². The Morgan fingerprint density at radius 1 is 1.15 bits per heavy atom. The van der Waals surface area contributed by atoms with Crippen LogP contribution >= 0.6 is 0 Å². The van der Waals surface area contributed by atoms with E-state index in [1.54, 1.807) is 36.7 Å². The van der Waals surface area contributed by atoms with Crippen LogP contribution in [0.2, 0.25) is 0 Å². The molecule has 2 N–H and O–H groups in total. The zero-order chi connectivity index (χ0) is 29.6. The van der Waals surface area contributed by atoms with Crippen molar-refractivity contribution < 1.29 is 31.3 Å². The van der Waals surface area contributed by atoms with Crippen LogP contribution in [0.5, 0.6) is 0 Å². The summed E-state index contributed by atoms with van der Waals surface area (Å²) in [5.74, 6) is -3.11. The third-order valence-corrected chi connectivity index (χ3v) is 7.19. The summed E-state index contributed by atoms with van der Waals surface area (Å²) >= 11 is 0. The highest BCUT2D eigenvalue weighted by Gasteiger charge is 2.35. The Morgan fingerprint density at radius 2 is 1.88 bits per heavy atom. The van der Waals surface area contributed by atoms with E-state index in [0.29, 0.717) is 16.6 Å². The van der Waals surface area contributed by atoms with Crippen molar-refractivity contribution in [2.45, 2.75) is 83.2 Å². The third-order valence-electron chi connectivity index (χ3n) is 7.19. The number of hydrogen-bond donors (Lipinski definition) is 2. The molecule has 1 saturated carbocycles. The Balaban J connectivity index is 1.38. The minimum Gasteiger partial charge on any atom is -0.382 e. The number of nitrogens with one attached hydrogen (secondary N) is 2. The summed E-state index contributed by atoms with van der Waals surface area (Å²) in [6, 6.07) is 7.86. The maximum atomic E-state index is 13.6. The fourth-order valence-corrected chi connectivity index (χ4v) is 4.99. The molecule has 0 spiro atoms. The summed E-state index contributed by atoms with van der Waals surface area (Å²) in [5.41, 5.74) is 1.14. The van der Waals surface area contributed by atoms with Gasteiger partial charge in [0.2, 0.25) is 17.6 Å². The number of amides is 1. The van der Waals surface area contributed by atoms with E-state index >= 15 is 0 Å². The first-order valence-electron chi connectivity index (χ1n) is 13.3. The van der Waals surface area contributed by atoms with E-state index in [2.05, 4.69) is 20.8 Å². The largest absolute Gasteiger partial charge is 0.406 e. The molecule has 0 atom stereocenters. The SMILES string of the molecule is CC(C)(C)n1ccc(C(=O)NCc2nc(-c3cc4c(NC5CCC(F)(F)CC5)cccc4n3CC(F)(F)F)no2)c1. The van der Waals surface area contributed by atoms with Crippen LogP contribution in [0.1, 0.15) is 62.7 Å². The van der Waals surface area contributed by atoms with Crippen molar-refractivity contribution in [2.24, 2.45) is 0 Å². The van der Waals surface area contributed by atoms with Gasteiger partial charge in [-0.05, 0) is 57.9 Å². The highest BCUT2D eigenvalue weighted by Crippen LogP contribution is 2.37. The minimum absolute atomic E-state index is 0.0221. The molecular weight excluding hydrogens is 547 g/mol. The number of benzene rings is 1. The summed E-state index contributed by atoms with van der Waals surface area (Å²) in [5, 5.41) is 10.3. The highest BCUT2D eigenvalue weighted by molar-refractivity contribution is 5.96. The zero-order valence-corrected chi connectivity index (χ0v) is 22.9. The Kier molecular flexibility index (Phi) is 7.33. The fourth-order valence-electron chi connectivity index (χ4n) is 4.99. The average Bonchev–Trinajstić information content (AvgIpc) is 3.62. The van der Waals surface area contributed by atoms with Crippen LogP contribution in [-0.2, 0) is 18.6 Å². The lowest BCUT2D eigenvalue weighted by Gasteiger charge is -2.29. The van der Waals surface area contributed by atoms with Gasteiger partial charge < -0.3 is 24.3 Å². The van der Waals surface area contributed by atoms with Gasteiger partial charge in [-0.3, -0.25) is 4.79 Å². The molecule has 1 aliphatic carbocycles. The lowest BCUT2D eigenvalue weighted by Crippen LogP contribution is -2.32. The number of nitrogens with zero attached hydrogens (tertiary/aromatic N) is 4. The first-order valence-corrected chi connectivity index (χ1v) is 13.3. The van der Waals surface area contributed by atoms with Gasteiger partial charge in [0.1, 0.15) is 6.54 Å². The van der Waals surface area contributed by atoms with Crippen LogP contribution in [0.15, 0.2) is 47.2 Å². The van der Waals surface area contributed by atoms with Gasteiger partial charge in [0.25, 0.3) is 5.91 Å². The third kappa shape index (κ3) is 6.54. The molecule has 8 nitrogen and oxygen atoms in total. The second-order valence-electron chi connectivity index (χ2n) is 11.4. The van der Waals surface area contributed by atoms with Crippen molar-refractivity contribution in [1.29, 1.82) is 0 Å². The molecule has 3 aromatic heterocycles. The average molecular weight is 579 g/mol. The fraction of sp³-hybridized carbons (Fsp3) is 0.464. The molecule has 41 heavy (non-hydrogen) atoms. The second-order valence-corrected chi connectivity index (χ2v) is 11.4. The number of carbonyl (C=O) groups excluding carboxylic acids is 1. The molecule has 1 fully saturated rings. The first-order chi connectivity index (χ1) is 19.2. The standard InChI is InChI=1S/C28H31F5N6O2/c1-26(2,3)38-12-9-17(15-38)25(40)34-14-23-36-24(37-41-23)22-13-19-20(35-18-7-10-27(29,30)11-8-18)5-4-6-21(19)39(22)16-28(31,32)33/h4-6,9,12-13,15,18,35H,7-8,10-11,14,16H2,1-3H3,(H,34,40). The molecule has 0 saturated heterocycles. The van der Waals surface area contributed by atoms with E-state index in [9.17, 15) is 26.7 Å². The van der Waals surface area contributed by atoms with Crippen molar-refractivity contribution in [1.82, 2.24) is 24.6 Å². The number of aromatic nitrogens is 4. The second kappa shape index (κ2) is 10.5. The molecule has 0 unspecified atom stereocenters. The van der Waals surface area contributed by atoms with Crippen molar-refractivity contribution in [3.63, 3.8) is 0 Å². The lowest BCUT2D eigenvalue weighted by atomic mass is 9.92. The number of carbonyl (C=O) groups is 1. The van der Waals surface area contributed by atoms with E-state index in [1.165, 1.54) is 6.07 Å². The summed E-state index contributed by atoms with van der Waals surface area (Å²) in [6.07, 6.45) is -1.01. The van der Waals surface area contributed by atoms with Crippen LogP contribution < -0.4 is 10.6 Å². The Labute approximate surface area is 232 Å². The Hall–Kier alpha value is -3.90. The quantitative estimate of drug-likeness (QED) is 0.238. The van der Waals surface area contributed by atoms with Crippen molar-refractivity contribution >= 4 is 22.5 Å². The molecule has 13 heteroatoms. The zero-order valence-electron chi connectivity index (χ0n) is 22.9. The van der Waals surface area contributed by atoms with Crippen molar-refractivity contribution in [2.75, 3.05) is 5.32 Å². The summed E-state index contributed by atoms with van der Waals surface area (Å²) < 4.78 is 76.3. The van der Waals surface area contributed by atoms with Gasteiger partial charge in [0.15, 0.2) is 0 Å². The number of hydrogen-bond acceptors (Lipinski definition) is 5. The summed E-state index contributed by atoms with van der Waals surface area (Å²) in [7, 11) is 0. The lowest BCUT2D eigenvalue weighted by molar-refractivity contribution is -0.139. The van der Waals surface area contributed by atoms with Gasteiger partial charge >= 0.3 is 6.18 Å². The normalized spacial score (nSPS) is 16.3. The number of fused-ring (bicyclic) bond motifs is 1. The predicted molar refractivity (Wildman–Crippen MR) is 143 cm³/mol.